The predicted molar refractivity (Wildman–Crippen MR) is 119 cm³/mol. The number of carbonyl (C=O) groups excluding carboxylic acids is 1. The molecule has 154 valence electrons. The number of benzene rings is 3. The number of hydrogen-bond acceptors (Lipinski definition) is 4. The number of carbonyl (C=O) groups is 1. The molecule has 0 aromatic heterocycles. The summed E-state index contributed by atoms with van der Waals surface area (Å²) in [5.74, 6) is 0.620. The molecule has 1 amide bonds. The monoisotopic (exact) mass is 422 g/mol. The molecule has 0 spiro atoms. The highest BCUT2D eigenvalue weighted by molar-refractivity contribution is 7.92. The first kappa shape index (κ1) is 21.3. The second-order valence-corrected chi connectivity index (χ2v) is 8.40. The van der Waals surface area contributed by atoms with Gasteiger partial charge in [0.25, 0.3) is 0 Å². The number of rotatable bonds is 8. The van der Waals surface area contributed by atoms with Crippen LogP contribution in [0, 0.1) is 0 Å². The van der Waals surface area contributed by atoms with Gasteiger partial charge in [0.1, 0.15) is 5.75 Å². The Kier molecular flexibility index (Phi) is 7.00. The average Bonchev–Trinajstić information content (AvgIpc) is 2.75. The second kappa shape index (κ2) is 9.87. The van der Waals surface area contributed by atoms with Crippen molar-refractivity contribution < 1.29 is 17.9 Å². The first-order chi connectivity index (χ1) is 14.4. The summed E-state index contributed by atoms with van der Waals surface area (Å²) in [5.41, 5.74) is 1.21. The highest BCUT2D eigenvalue weighted by atomic mass is 32.2. The van der Waals surface area contributed by atoms with Crippen molar-refractivity contribution in [2.24, 2.45) is 0 Å². The Morgan fingerprint density at radius 2 is 1.53 bits per heavy atom. The van der Waals surface area contributed by atoms with E-state index in [4.69, 9.17) is 4.74 Å². The van der Waals surface area contributed by atoms with Gasteiger partial charge in [-0.2, -0.15) is 4.31 Å². The Morgan fingerprint density at radius 1 is 0.933 bits per heavy atom. The van der Waals surface area contributed by atoms with Gasteiger partial charge in [0, 0.05) is 12.5 Å². The Balaban J connectivity index is 1.65. The van der Waals surface area contributed by atoms with E-state index in [1.165, 1.54) is 13.1 Å². The molecule has 3 aromatic carbocycles. The first-order valence-electron chi connectivity index (χ1n) is 9.25. The summed E-state index contributed by atoms with van der Waals surface area (Å²) in [7, 11) is -2.39. The number of para-hydroxylation sites is 3. The summed E-state index contributed by atoms with van der Waals surface area (Å²) in [4.78, 5) is 12.5. The van der Waals surface area contributed by atoms with Crippen molar-refractivity contribution in [3.63, 3.8) is 0 Å². The van der Waals surface area contributed by atoms with Crippen LogP contribution in [0.2, 0.25) is 0 Å². The zero-order valence-electron chi connectivity index (χ0n) is 16.4. The largest absolute Gasteiger partial charge is 0.455 e. The van der Waals surface area contributed by atoms with E-state index in [1.807, 2.05) is 36.4 Å². The van der Waals surface area contributed by atoms with Crippen LogP contribution in [-0.2, 0) is 14.8 Å². The maximum absolute atomic E-state index is 12.5. The van der Waals surface area contributed by atoms with E-state index in [9.17, 15) is 13.2 Å². The maximum atomic E-state index is 12.5. The van der Waals surface area contributed by atoms with Crippen LogP contribution in [0.5, 0.6) is 11.5 Å². The number of hydrogen-bond donors (Lipinski definition) is 1. The normalized spacial score (nSPS) is 11.5. The average molecular weight is 423 g/mol. The van der Waals surface area contributed by atoms with Gasteiger partial charge in [-0.3, -0.25) is 4.79 Å². The van der Waals surface area contributed by atoms with Crippen molar-refractivity contribution >= 4 is 27.7 Å². The third kappa shape index (κ3) is 6.04. The van der Waals surface area contributed by atoms with E-state index >= 15 is 0 Å². The molecule has 0 aliphatic rings. The van der Waals surface area contributed by atoms with Crippen LogP contribution < -0.4 is 10.1 Å². The molecule has 0 radical (unpaired) electrons. The van der Waals surface area contributed by atoms with Crippen LogP contribution >= 0.6 is 0 Å². The Bertz CT molecular complexity index is 1110. The quantitative estimate of drug-likeness (QED) is 0.586. The van der Waals surface area contributed by atoms with E-state index in [0.717, 1.165) is 15.3 Å². The van der Waals surface area contributed by atoms with Crippen molar-refractivity contribution in [2.75, 3.05) is 18.9 Å². The van der Waals surface area contributed by atoms with Crippen LogP contribution in [0.3, 0.4) is 0 Å². The number of sulfonamides is 1. The van der Waals surface area contributed by atoms with E-state index in [-0.39, 0.29) is 6.54 Å². The number of likely N-dealkylation sites (N-methyl/N-ethyl adjacent to an activating group) is 1. The van der Waals surface area contributed by atoms with E-state index in [2.05, 4.69) is 5.32 Å². The van der Waals surface area contributed by atoms with Gasteiger partial charge in [0.05, 0.1) is 12.2 Å². The van der Waals surface area contributed by atoms with Crippen molar-refractivity contribution in [2.45, 2.75) is 0 Å². The second-order valence-electron chi connectivity index (χ2n) is 6.47. The molecule has 0 bridgehead atoms. The Hall–Kier alpha value is -3.42. The molecule has 0 unspecified atom stereocenters. The molecule has 0 aliphatic heterocycles. The highest BCUT2D eigenvalue weighted by Gasteiger charge is 2.18. The Labute approximate surface area is 176 Å². The zero-order chi connectivity index (χ0) is 21.4. The molecule has 1 N–H and O–H groups in total. The van der Waals surface area contributed by atoms with Gasteiger partial charge < -0.3 is 10.1 Å². The molecule has 30 heavy (non-hydrogen) atoms. The molecule has 3 aromatic rings. The lowest BCUT2D eigenvalue weighted by Gasteiger charge is -2.16. The third-order valence-electron chi connectivity index (χ3n) is 4.16. The van der Waals surface area contributed by atoms with Gasteiger partial charge in [-0.15, -0.1) is 0 Å². The van der Waals surface area contributed by atoms with Gasteiger partial charge in [-0.25, -0.2) is 8.42 Å². The number of amides is 1. The summed E-state index contributed by atoms with van der Waals surface area (Å²) >= 11 is 0. The molecule has 0 saturated carbocycles. The topological polar surface area (TPSA) is 75.7 Å². The Morgan fingerprint density at radius 3 is 2.23 bits per heavy atom. The lowest BCUT2D eigenvalue weighted by molar-refractivity contribution is -0.116. The van der Waals surface area contributed by atoms with Crippen molar-refractivity contribution in [3.05, 3.63) is 95.9 Å². The van der Waals surface area contributed by atoms with Gasteiger partial charge in [0.15, 0.2) is 5.75 Å². The van der Waals surface area contributed by atoms with Crippen molar-refractivity contribution in [1.82, 2.24) is 4.31 Å². The number of anilines is 1. The molecular weight excluding hydrogens is 400 g/mol. The fourth-order valence-electron chi connectivity index (χ4n) is 2.59. The summed E-state index contributed by atoms with van der Waals surface area (Å²) < 4.78 is 31.7. The van der Waals surface area contributed by atoms with Gasteiger partial charge in [-0.05, 0) is 35.9 Å². The predicted octanol–water partition coefficient (Wildman–Crippen LogP) is 4.35. The molecule has 3 rings (SSSR count). The molecule has 6 nitrogen and oxygen atoms in total. The molecule has 0 atom stereocenters. The molecule has 0 saturated heterocycles. The fourth-order valence-corrected chi connectivity index (χ4v) is 3.42. The van der Waals surface area contributed by atoms with Crippen LogP contribution in [0.4, 0.5) is 5.69 Å². The first-order valence-corrected chi connectivity index (χ1v) is 10.8. The van der Waals surface area contributed by atoms with Crippen molar-refractivity contribution in [1.29, 1.82) is 0 Å². The smallest absolute Gasteiger partial charge is 0.239 e. The van der Waals surface area contributed by atoms with Crippen molar-refractivity contribution in [3.8, 4) is 11.5 Å². The molecule has 0 aliphatic carbocycles. The summed E-state index contributed by atoms with van der Waals surface area (Å²) in [6.07, 6.45) is 1.49. The van der Waals surface area contributed by atoms with Crippen LogP contribution in [0.15, 0.2) is 90.3 Å². The molecule has 0 heterocycles. The fraction of sp³-hybridized carbons (Fsp3) is 0.0870. The maximum Gasteiger partial charge on any atom is 0.239 e. The van der Waals surface area contributed by atoms with E-state index < -0.39 is 15.9 Å². The standard InChI is InChI=1S/C23H22N2O4S/c1-25(30(27,28)17-16-19-10-4-2-5-11-19)18-23(26)24-21-14-8-9-15-22(21)29-20-12-6-3-7-13-20/h2-17H,18H2,1H3,(H,24,26). The highest BCUT2D eigenvalue weighted by Crippen LogP contribution is 2.29. The van der Waals surface area contributed by atoms with Crippen LogP contribution in [-0.4, -0.2) is 32.2 Å². The molecule has 0 fully saturated rings. The number of nitrogens with zero attached hydrogens (tertiary/aromatic N) is 1. The summed E-state index contributed by atoms with van der Waals surface area (Å²) in [6, 6.07) is 25.2. The molecule has 7 heteroatoms. The van der Waals surface area contributed by atoms with Gasteiger partial charge in [0.2, 0.25) is 15.9 Å². The lowest BCUT2D eigenvalue weighted by Crippen LogP contribution is -2.33. The number of nitrogens with one attached hydrogen (secondary N) is 1. The minimum Gasteiger partial charge on any atom is -0.455 e. The van der Waals surface area contributed by atoms with E-state index in [1.54, 1.807) is 48.5 Å². The minimum atomic E-state index is -3.74. The third-order valence-corrected chi connectivity index (χ3v) is 5.64. The van der Waals surface area contributed by atoms with E-state index in [0.29, 0.717) is 17.2 Å². The minimum absolute atomic E-state index is 0.332. The zero-order valence-corrected chi connectivity index (χ0v) is 17.2. The number of ether oxygens (including phenoxy) is 1. The summed E-state index contributed by atoms with van der Waals surface area (Å²) in [5, 5.41) is 3.80. The van der Waals surface area contributed by atoms with Crippen LogP contribution in [0.25, 0.3) is 6.08 Å². The van der Waals surface area contributed by atoms with Gasteiger partial charge >= 0.3 is 0 Å². The SMILES string of the molecule is CN(CC(=O)Nc1ccccc1Oc1ccccc1)S(=O)(=O)C=Cc1ccccc1. The molecular formula is C23H22N2O4S. The lowest BCUT2D eigenvalue weighted by atomic mass is 10.2. The van der Waals surface area contributed by atoms with Crippen LogP contribution in [0.1, 0.15) is 5.56 Å². The summed E-state index contributed by atoms with van der Waals surface area (Å²) in [6.45, 7) is -0.332. The van der Waals surface area contributed by atoms with Gasteiger partial charge in [-0.1, -0.05) is 60.7 Å².